The Morgan fingerprint density at radius 3 is 2.46 bits per heavy atom. The summed E-state index contributed by atoms with van der Waals surface area (Å²) < 4.78 is 6.72. The van der Waals surface area contributed by atoms with E-state index < -0.39 is 20.0 Å². The number of rotatable bonds is 8. The molecule has 3 saturated carbocycles. The summed E-state index contributed by atoms with van der Waals surface area (Å²) in [6.45, 7) is 24.6. The molecule has 3 rings (SSSR count). The van der Waals surface area contributed by atoms with Crippen molar-refractivity contribution in [2.45, 2.75) is 149 Å². The molecule has 0 heterocycles. The summed E-state index contributed by atoms with van der Waals surface area (Å²) in [5.74, 6) is 2.14. The van der Waals surface area contributed by atoms with Gasteiger partial charge in [-0.25, -0.2) is 0 Å². The summed E-state index contributed by atoms with van der Waals surface area (Å²) in [5, 5.41) is 21.1. The van der Waals surface area contributed by atoms with E-state index in [2.05, 4.69) is 66.4 Å². The lowest BCUT2D eigenvalue weighted by Gasteiger charge is -2.44. The Morgan fingerprint density at radius 2 is 1.84 bits per heavy atom. The second kappa shape index (κ2) is 11.4. The van der Waals surface area contributed by atoms with Crippen LogP contribution in [0.3, 0.4) is 0 Å². The molecule has 0 aromatic carbocycles. The largest absolute Gasteiger partial charge is 0.413 e. The summed E-state index contributed by atoms with van der Waals surface area (Å²) in [6.07, 6.45) is 15.4. The quantitative estimate of drug-likeness (QED) is 0.308. The lowest BCUT2D eigenvalue weighted by atomic mass is 9.60. The van der Waals surface area contributed by atoms with Crippen LogP contribution in [0.1, 0.15) is 113 Å². The summed E-state index contributed by atoms with van der Waals surface area (Å²) in [5.41, 5.74) is 3.50. The van der Waals surface area contributed by atoms with Crippen LogP contribution in [0.2, 0.25) is 18.1 Å². The highest BCUT2D eigenvalue weighted by molar-refractivity contribution is 6.74. The summed E-state index contributed by atoms with van der Waals surface area (Å²) >= 11 is 0. The first kappa shape index (κ1) is 30.9. The molecule has 0 unspecified atom stereocenters. The van der Waals surface area contributed by atoms with E-state index in [4.69, 9.17) is 4.43 Å². The third-order valence-corrected chi connectivity index (χ3v) is 15.2. The number of fused-ring (bicyclic) bond motifs is 1. The molecule has 3 fully saturated rings. The highest BCUT2D eigenvalue weighted by Gasteiger charge is 2.50. The molecular weight excluding hydrogens is 472 g/mol. The van der Waals surface area contributed by atoms with E-state index >= 15 is 0 Å². The van der Waals surface area contributed by atoms with E-state index in [0.717, 1.165) is 30.8 Å². The van der Waals surface area contributed by atoms with E-state index in [1.165, 1.54) is 44.1 Å². The van der Waals surface area contributed by atoms with Gasteiger partial charge in [0.1, 0.15) is 0 Å². The minimum Gasteiger partial charge on any atom is -0.413 e. The van der Waals surface area contributed by atoms with Gasteiger partial charge in [-0.05, 0) is 111 Å². The first-order chi connectivity index (χ1) is 16.9. The molecule has 212 valence electrons. The van der Waals surface area contributed by atoms with Crippen LogP contribution in [0.5, 0.6) is 0 Å². The van der Waals surface area contributed by atoms with Gasteiger partial charge in [0.2, 0.25) is 0 Å². The molecule has 3 aliphatic carbocycles. The molecule has 0 saturated heterocycles. The maximum Gasteiger partial charge on any atom is 0.192 e. The molecule has 3 aliphatic rings. The predicted octanol–water partition coefficient (Wildman–Crippen LogP) is 8.73. The zero-order valence-corrected chi connectivity index (χ0v) is 26.6. The third kappa shape index (κ3) is 7.29. The zero-order valence-electron chi connectivity index (χ0n) is 25.6. The maximum atomic E-state index is 10.8. The van der Waals surface area contributed by atoms with Crippen molar-refractivity contribution in [3.8, 4) is 0 Å². The van der Waals surface area contributed by atoms with Crippen LogP contribution in [0.4, 0.5) is 0 Å². The number of hydrogen-bond acceptors (Lipinski definition) is 3. The van der Waals surface area contributed by atoms with Gasteiger partial charge in [0.15, 0.2) is 8.32 Å². The molecule has 0 aromatic rings. The zero-order chi connectivity index (χ0) is 27.8. The Labute approximate surface area is 230 Å². The lowest BCUT2D eigenvalue weighted by Crippen LogP contribution is -2.46. The minimum atomic E-state index is -1.89. The van der Waals surface area contributed by atoms with Crippen LogP contribution >= 0.6 is 0 Å². The summed E-state index contributed by atoms with van der Waals surface area (Å²) in [6, 6.07) is 0. The SMILES string of the molecule is C=C1/C(=C/C=C2\CCC[C@]3(C)[C@@H]([C@H](C)CCCC(C)(C)O)CC[C@@H]23)C[C@@H](O[Si](C)(C)C(C)(C)C)C[C@@H]1O. The fourth-order valence-corrected chi connectivity index (χ4v) is 8.77. The first-order valence-electron chi connectivity index (χ1n) is 15.1. The molecule has 0 spiro atoms. The second-order valence-corrected chi connectivity index (χ2v) is 19.9. The van der Waals surface area contributed by atoms with E-state index in [-0.39, 0.29) is 11.1 Å². The van der Waals surface area contributed by atoms with Gasteiger partial charge in [-0.15, -0.1) is 0 Å². The van der Waals surface area contributed by atoms with Crippen LogP contribution < -0.4 is 0 Å². The standard InChI is InChI=1S/C33H58O3Si/c1-23(13-11-19-32(6,7)35)28-17-18-29-25(14-12-20-33(28,29)8)15-16-26-21-27(22-30(34)24(26)2)36-37(9,10)31(3,4)5/h15-16,23,27-30,34-35H,2,11-14,17-22H2,1,3-10H3/b25-15+,26-16+/t23-,27-,28-,29+,30+,33-/m1/s1. The van der Waals surface area contributed by atoms with Gasteiger partial charge in [0, 0.05) is 6.42 Å². The van der Waals surface area contributed by atoms with E-state index in [0.29, 0.717) is 23.7 Å². The highest BCUT2D eigenvalue weighted by Crippen LogP contribution is 2.60. The Morgan fingerprint density at radius 1 is 1.16 bits per heavy atom. The first-order valence-corrected chi connectivity index (χ1v) is 18.0. The van der Waals surface area contributed by atoms with Gasteiger partial charge in [0.05, 0.1) is 17.8 Å². The van der Waals surface area contributed by atoms with Gasteiger partial charge < -0.3 is 14.6 Å². The van der Waals surface area contributed by atoms with Crippen molar-refractivity contribution in [2.75, 3.05) is 0 Å². The fourth-order valence-electron chi connectivity index (χ4n) is 7.40. The van der Waals surface area contributed by atoms with Gasteiger partial charge in [-0.3, -0.25) is 0 Å². The molecule has 0 aromatic heterocycles. The van der Waals surface area contributed by atoms with Crippen LogP contribution in [0.15, 0.2) is 35.5 Å². The van der Waals surface area contributed by atoms with Crippen LogP contribution in [0, 0.1) is 23.2 Å². The Balaban J connectivity index is 1.73. The Kier molecular flexibility index (Phi) is 9.53. The smallest absolute Gasteiger partial charge is 0.192 e. The minimum absolute atomic E-state index is 0.0725. The van der Waals surface area contributed by atoms with Crippen molar-refractivity contribution in [1.82, 2.24) is 0 Å². The molecule has 4 heteroatoms. The van der Waals surface area contributed by atoms with Gasteiger partial charge in [-0.1, -0.05) is 71.8 Å². The molecule has 37 heavy (non-hydrogen) atoms. The Bertz CT molecular complexity index is 871. The molecular formula is C33H58O3Si. The normalized spacial score (nSPS) is 34.7. The van der Waals surface area contributed by atoms with E-state index in [9.17, 15) is 10.2 Å². The van der Waals surface area contributed by atoms with Crippen molar-refractivity contribution in [3.05, 3.63) is 35.5 Å². The van der Waals surface area contributed by atoms with Crippen molar-refractivity contribution in [2.24, 2.45) is 23.2 Å². The third-order valence-electron chi connectivity index (χ3n) is 10.7. The average Bonchev–Trinajstić information content (AvgIpc) is 3.10. The molecule has 2 N–H and O–H groups in total. The van der Waals surface area contributed by atoms with Gasteiger partial charge >= 0.3 is 0 Å². The maximum absolute atomic E-state index is 10.8. The number of allylic oxidation sites excluding steroid dienone is 3. The second-order valence-electron chi connectivity index (χ2n) is 15.2. The van der Waals surface area contributed by atoms with Crippen molar-refractivity contribution in [3.63, 3.8) is 0 Å². The van der Waals surface area contributed by atoms with Crippen LogP contribution in [-0.2, 0) is 4.43 Å². The molecule has 3 nitrogen and oxygen atoms in total. The van der Waals surface area contributed by atoms with Gasteiger partial charge in [-0.2, -0.15) is 0 Å². The van der Waals surface area contributed by atoms with Crippen molar-refractivity contribution in [1.29, 1.82) is 0 Å². The fraction of sp³-hybridized carbons (Fsp3) is 0.818. The molecule has 6 atom stereocenters. The van der Waals surface area contributed by atoms with Crippen molar-refractivity contribution >= 4 is 8.32 Å². The predicted molar refractivity (Wildman–Crippen MR) is 160 cm³/mol. The Hall–Kier alpha value is -0.683. The molecule has 0 aliphatic heterocycles. The van der Waals surface area contributed by atoms with Crippen LogP contribution in [0.25, 0.3) is 0 Å². The summed E-state index contributed by atoms with van der Waals surface area (Å²) in [4.78, 5) is 0. The van der Waals surface area contributed by atoms with E-state index in [1.54, 1.807) is 5.57 Å². The number of aliphatic hydroxyl groups excluding tert-OH is 1. The summed E-state index contributed by atoms with van der Waals surface area (Å²) in [7, 11) is -1.89. The lowest BCUT2D eigenvalue weighted by molar-refractivity contribution is 0.0596. The van der Waals surface area contributed by atoms with Gasteiger partial charge in [0.25, 0.3) is 0 Å². The number of hydrogen-bond donors (Lipinski definition) is 2. The molecule has 0 amide bonds. The topological polar surface area (TPSA) is 49.7 Å². The number of aliphatic hydroxyl groups is 2. The molecule has 0 bridgehead atoms. The molecule has 0 radical (unpaired) electrons. The highest BCUT2D eigenvalue weighted by atomic mass is 28.4. The monoisotopic (exact) mass is 530 g/mol. The van der Waals surface area contributed by atoms with Crippen LogP contribution in [-0.4, -0.2) is 36.3 Å². The van der Waals surface area contributed by atoms with Crippen molar-refractivity contribution < 1.29 is 14.6 Å². The average molecular weight is 531 g/mol. The van der Waals surface area contributed by atoms with E-state index in [1.807, 2.05) is 13.8 Å².